The molecule has 6 heteroatoms. The molecule has 0 aromatic carbocycles. The molecule has 0 saturated heterocycles. The van der Waals surface area contributed by atoms with Gasteiger partial charge in [-0.25, -0.2) is 9.48 Å². The summed E-state index contributed by atoms with van der Waals surface area (Å²) in [5, 5.41) is 16.9. The molecule has 2 rings (SSSR count). The van der Waals surface area contributed by atoms with Crippen LogP contribution >= 0.6 is 0 Å². The van der Waals surface area contributed by atoms with Gasteiger partial charge >= 0.3 is 5.97 Å². The molecule has 1 aliphatic rings. The minimum Gasteiger partial charge on any atom is -0.476 e. The fourth-order valence-electron chi connectivity index (χ4n) is 2.33. The maximum atomic E-state index is 11.2. The smallest absolute Gasteiger partial charge is 0.358 e. The van der Waals surface area contributed by atoms with Crippen LogP contribution in [0.25, 0.3) is 0 Å². The third-order valence-electron chi connectivity index (χ3n) is 3.40. The van der Waals surface area contributed by atoms with Gasteiger partial charge in [0, 0.05) is 19.6 Å². The van der Waals surface area contributed by atoms with E-state index in [2.05, 4.69) is 17.2 Å². The topological polar surface area (TPSA) is 77.2 Å². The van der Waals surface area contributed by atoms with Gasteiger partial charge in [-0.2, -0.15) is 0 Å². The number of hydrogen-bond donors (Lipinski definition) is 1. The first-order valence-corrected chi connectivity index (χ1v) is 6.29. The molecular weight excluding hydrogens is 234 g/mol. The lowest BCUT2D eigenvalue weighted by molar-refractivity contribution is 0.0687. The van der Waals surface area contributed by atoms with Crippen LogP contribution < -0.4 is 0 Å². The van der Waals surface area contributed by atoms with Crippen molar-refractivity contribution in [3.63, 3.8) is 0 Å². The summed E-state index contributed by atoms with van der Waals surface area (Å²) in [6.07, 6.45) is 3.22. The highest BCUT2D eigenvalue weighted by Crippen LogP contribution is 2.37. The molecule has 18 heavy (non-hydrogen) atoms. The van der Waals surface area contributed by atoms with Gasteiger partial charge in [0.2, 0.25) is 0 Å². The quantitative estimate of drug-likeness (QED) is 0.831. The number of ether oxygens (including phenoxy) is 1. The van der Waals surface area contributed by atoms with Crippen molar-refractivity contribution >= 4 is 5.97 Å². The number of carboxylic acid groups (broad SMARTS) is 1. The van der Waals surface area contributed by atoms with E-state index in [9.17, 15) is 4.79 Å². The molecule has 1 unspecified atom stereocenters. The molecule has 1 aliphatic carbocycles. The average molecular weight is 253 g/mol. The Kier molecular flexibility index (Phi) is 3.96. The number of carbonyl (C=O) groups is 1. The highest BCUT2D eigenvalue weighted by atomic mass is 16.5. The fraction of sp³-hybridized carbons (Fsp3) is 0.750. The normalized spacial score (nSPS) is 17.4. The van der Waals surface area contributed by atoms with Crippen LogP contribution in [0.4, 0.5) is 0 Å². The Morgan fingerprint density at radius 3 is 2.83 bits per heavy atom. The second kappa shape index (κ2) is 5.48. The summed E-state index contributed by atoms with van der Waals surface area (Å²) in [7, 11) is 1.66. The molecule has 6 nitrogen and oxygen atoms in total. The number of rotatable bonds is 6. The molecule has 1 aromatic rings. The summed E-state index contributed by atoms with van der Waals surface area (Å²) >= 11 is 0. The minimum absolute atomic E-state index is 0.115. The van der Waals surface area contributed by atoms with E-state index < -0.39 is 5.97 Å². The maximum Gasteiger partial charge on any atom is 0.358 e. The second-order valence-electron chi connectivity index (χ2n) is 5.00. The first-order valence-electron chi connectivity index (χ1n) is 6.29. The van der Waals surface area contributed by atoms with Gasteiger partial charge in [-0.15, -0.1) is 5.10 Å². The second-order valence-corrected chi connectivity index (χ2v) is 5.00. The van der Waals surface area contributed by atoms with Gasteiger partial charge in [0.05, 0.1) is 12.3 Å². The predicted octanol–water partition coefficient (Wildman–Crippen LogP) is 1.53. The van der Waals surface area contributed by atoms with Crippen molar-refractivity contribution < 1.29 is 14.6 Å². The molecule has 100 valence electrons. The molecule has 1 heterocycles. The van der Waals surface area contributed by atoms with E-state index in [1.54, 1.807) is 11.8 Å². The van der Waals surface area contributed by atoms with Gasteiger partial charge in [-0.3, -0.25) is 0 Å². The Labute approximate surface area is 106 Å². The Balaban J connectivity index is 2.21. The fourth-order valence-corrected chi connectivity index (χ4v) is 2.33. The summed E-state index contributed by atoms with van der Waals surface area (Å²) in [5.74, 6) is -0.388. The molecule has 1 atom stereocenters. The van der Waals surface area contributed by atoms with Crippen molar-refractivity contribution in [2.75, 3.05) is 13.7 Å². The predicted molar refractivity (Wildman–Crippen MR) is 64.6 cm³/mol. The SMILES string of the molecule is COCC(C)Cn1nnc(C(=O)O)c1C1CCC1. The Bertz CT molecular complexity index is 426. The van der Waals surface area contributed by atoms with Crippen LogP contribution in [0, 0.1) is 5.92 Å². The van der Waals surface area contributed by atoms with Gasteiger partial charge in [-0.1, -0.05) is 18.6 Å². The van der Waals surface area contributed by atoms with Crippen LogP contribution in [0.5, 0.6) is 0 Å². The van der Waals surface area contributed by atoms with Gasteiger partial charge in [0.1, 0.15) is 0 Å². The van der Waals surface area contributed by atoms with E-state index in [0.717, 1.165) is 25.0 Å². The maximum absolute atomic E-state index is 11.2. The zero-order valence-electron chi connectivity index (χ0n) is 10.8. The minimum atomic E-state index is -0.984. The first kappa shape index (κ1) is 13.0. The van der Waals surface area contributed by atoms with E-state index in [1.165, 1.54) is 0 Å². The Morgan fingerprint density at radius 2 is 2.33 bits per heavy atom. The summed E-state index contributed by atoms with van der Waals surface area (Å²) < 4.78 is 6.84. The number of carboxylic acids is 1. The van der Waals surface area contributed by atoms with Gasteiger partial charge in [0.15, 0.2) is 5.69 Å². The van der Waals surface area contributed by atoms with E-state index in [-0.39, 0.29) is 11.6 Å². The van der Waals surface area contributed by atoms with Crippen molar-refractivity contribution in [2.45, 2.75) is 38.6 Å². The number of nitrogens with zero attached hydrogens (tertiary/aromatic N) is 3. The molecule has 0 amide bonds. The van der Waals surface area contributed by atoms with E-state index in [0.29, 0.717) is 19.1 Å². The van der Waals surface area contributed by atoms with Crippen molar-refractivity contribution in [1.29, 1.82) is 0 Å². The van der Waals surface area contributed by atoms with Crippen LogP contribution in [-0.2, 0) is 11.3 Å². The summed E-state index contributed by atoms with van der Waals surface area (Å²) in [6.45, 7) is 3.34. The molecular formula is C12H19N3O3. The number of methoxy groups -OCH3 is 1. The third-order valence-corrected chi connectivity index (χ3v) is 3.40. The Morgan fingerprint density at radius 1 is 1.61 bits per heavy atom. The first-order chi connectivity index (χ1) is 8.63. The van der Waals surface area contributed by atoms with Crippen molar-refractivity contribution in [2.24, 2.45) is 5.92 Å². The van der Waals surface area contributed by atoms with E-state index in [1.807, 2.05) is 0 Å². The molecule has 0 bridgehead atoms. The average Bonchev–Trinajstić information content (AvgIpc) is 2.60. The highest BCUT2D eigenvalue weighted by Gasteiger charge is 2.30. The zero-order chi connectivity index (χ0) is 13.1. The van der Waals surface area contributed by atoms with E-state index in [4.69, 9.17) is 9.84 Å². The molecule has 1 aromatic heterocycles. The lowest BCUT2D eigenvalue weighted by atomic mass is 9.82. The molecule has 1 N–H and O–H groups in total. The molecule has 0 spiro atoms. The van der Waals surface area contributed by atoms with Crippen LogP contribution in [-0.4, -0.2) is 39.8 Å². The van der Waals surface area contributed by atoms with Gasteiger partial charge in [0.25, 0.3) is 0 Å². The van der Waals surface area contributed by atoms with Crippen molar-refractivity contribution in [3.05, 3.63) is 11.4 Å². The van der Waals surface area contributed by atoms with Crippen LogP contribution in [0.3, 0.4) is 0 Å². The molecule has 0 aliphatic heterocycles. The monoisotopic (exact) mass is 253 g/mol. The van der Waals surface area contributed by atoms with Crippen LogP contribution in [0.2, 0.25) is 0 Å². The number of aromatic carboxylic acids is 1. The standard InChI is InChI=1S/C12H19N3O3/c1-8(7-18-2)6-15-11(9-4-3-5-9)10(12(16)17)13-14-15/h8-9H,3-7H2,1-2H3,(H,16,17). The number of hydrogen-bond acceptors (Lipinski definition) is 4. The zero-order valence-corrected chi connectivity index (χ0v) is 10.8. The molecule has 1 saturated carbocycles. The van der Waals surface area contributed by atoms with Crippen molar-refractivity contribution in [3.8, 4) is 0 Å². The summed E-state index contributed by atoms with van der Waals surface area (Å²) in [4.78, 5) is 11.2. The lowest BCUT2D eigenvalue weighted by Gasteiger charge is -2.26. The van der Waals surface area contributed by atoms with Gasteiger partial charge < -0.3 is 9.84 Å². The summed E-state index contributed by atoms with van der Waals surface area (Å²) in [6, 6.07) is 0. The molecule has 1 fully saturated rings. The Hall–Kier alpha value is -1.43. The van der Waals surface area contributed by atoms with Crippen LogP contribution in [0.1, 0.15) is 48.3 Å². The third kappa shape index (κ3) is 2.53. The number of aromatic nitrogens is 3. The van der Waals surface area contributed by atoms with E-state index >= 15 is 0 Å². The van der Waals surface area contributed by atoms with Gasteiger partial charge in [-0.05, 0) is 18.8 Å². The lowest BCUT2D eigenvalue weighted by Crippen LogP contribution is -2.21. The summed E-state index contributed by atoms with van der Waals surface area (Å²) in [5.41, 5.74) is 0.904. The largest absolute Gasteiger partial charge is 0.476 e. The van der Waals surface area contributed by atoms with Crippen LogP contribution in [0.15, 0.2) is 0 Å². The highest BCUT2D eigenvalue weighted by molar-refractivity contribution is 5.86. The van der Waals surface area contributed by atoms with Crippen molar-refractivity contribution in [1.82, 2.24) is 15.0 Å². The molecule has 0 radical (unpaired) electrons.